The van der Waals surface area contributed by atoms with Crippen LogP contribution in [0.3, 0.4) is 0 Å². The molecule has 1 aromatic carbocycles. The lowest BCUT2D eigenvalue weighted by Crippen LogP contribution is -2.49. The summed E-state index contributed by atoms with van der Waals surface area (Å²) in [6.07, 6.45) is 1.45. The highest BCUT2D eigenvalue weighted by Gasteiger charge is 2.27. The molecule has 3 N–H and O–H groups in total. The van der Waals surface area contributed by atoms with Gasteiger partial charge in [0.1, 0.15) is 12.1 Å². The zero-order valence-corrected chi connectivity index (χ0v) is 12.6. The summed E-state index contributed by atoms with van der Waals surface area (Å²) in [6.45, 7) is 0.587. The number of carbonyl (C=O) groups is 2. The molecule has 5 nitrogen and oxygen atoms in total. The maximum absolute atomic E-state index is 12.0. The van der Waals surface area contributed by atoms with Gasteiger partial charge in [0.25, 0.3) is 0 Å². The van der Waals surface area contributed by atoms with Crippen LogP contribution in [-0.4, -0.2) is 30.6 Å². The summed E-state index contributed by atoms with van der Waals surface area (Å²) >= 11 is 3.42. The van der Waals surface area contributed by atoms with E-state index in [1.807, 2.05) is 24.3 Å². The van der Waals surface area contributed by atoms with Crippen LogP contribution < -0.4 is 11.1 Å². The Balaban J connectivity index is 2.02. The average Bonchev–Trinajstić information content (AvgIpc) is 2.94. The number of nitrogens with one attached hydrogen (secondary N) is 1. The Morgan fingerprint density at radius 1 is 1.45 bits per heavy atom. The molecule has 0 aromatic heterocycles. The molecular weight excluding hydrogens is 324 g/mol. The van der Waals surface area contributed by atoms with Crippen molar-refractivity contribution in [1.82, 2.24) is 5.32 Å². The van der Waals surface area contributed by atoms with Crippen LogP contribution in [0.5, 0.6) is 0 Å². The van der Waals surface area contributed by atoms with Crippen LogP contribution in [0.2, 0.25) is 0 Å². The van der Waals surface area contributed by atoms with E-state index in [2.05, 4.69) is 21.2 Å². The predicted octanol–water partition coefficient (Wildman–Crippen LogP) is 1.14. The van der Waals surface area contributed by atoms with Crippen molar-refractivity contribution < 1.29 is 14.3 Å². The predicted molar refractivity (Wildman–Crippen MR) is 77.9 cm³/mol. The molecule has 20 heavy (non-hydrogen) atoms. The maximum atomic E-state index is 12.0. The molecule has 0 spiro atoms. The van der Waals surface area contributed by atoms with Gasteiger partial charge < -0.3 is 15.8 Å². The lowest BCUT2D eigenvalue weighted by atomic mass is 10.0. The fourth-order valence-corrected chi connectivity index (χ4v) is 2.60. The number of benzene rings is 1. The molecule has 1 aromatic rings. The van der Waals surface area contributed by atoms with E-state index < -0.39 is 18.1 Å². The Morgan fingerprint density at radius 2 is 2.20 bits per heavy atom. The summed E-state index contributed by atoms with van der Waals surface area (Å²) in [5.74, 6) is -0.814. The first kappa shape index (κ1) is 15.0. The fourth-order valence-electron chi connectivity index (χ4n) is 2.16. The number of halogens is 1. The topological polar surface area (TPSA) is 81.4 Å². The van der Waals surface area contributed by atoms with Gasteiger partial charge >= 0.3 is 0 Å². The smallest absolute Gasteiger partial charge is 0.249 e. The van der Waals surface area contributed by atoms with E-state index in [1.165, 1.54) is 0 Å². The van der Waals surface area contributed by atoms with Gasteiger partial charge in [-0.15, -0.1) is 0 Å². The highest BCUT2D eigenvalue weighted by atomic mass is 79.9. The first-order valence-electron chi connectivity index (χ1n) is 6.52. The number of amides is 2. The van der Waals surface area contributed by atoms with Gasteiger partial charge in [0, 0.05) is 17.5 Å². The van der Waals surface area contributed by atoms with Crippen molar-refractivity contribution in [3.63, 3.8) is 0 Å². The van der Waals surface area contributed by atoms with Gasteiger partial charge in [-0.05, 0) is 24.5 Å². The molecule has 6 heteroatoms. The van der Waals surface area contributed by atoms with Gasteiger partial charge in [-0.3, -0.25) is 9.59 Å². The van der Waals surface area contributed by atoms with Gasteiger partial charge in [0.2, 0.25) is 11.8 Å². The largest absolute Gasteiger partial charge is 0.368 e. The zero-order valence-electron chi connectivity index (χ0n) is 11.0. The maximum Gasteiger partial charge on any atom is 0.249 e. The Bertz CT molecular complexity index is 501. The first-order valence-corrected chi connectivity index (χ1v) is 7.32. The Morgan fingerprint density at radius 3 is 2.80 bits per heavy atom. The fraction of sp³-hybridized carbons (Fsp3) is 0.429. The Labute approximate surface area is 126 Å². The minimum atomic E-state index is -0.731. The molecule has 0 unspecified atom stereocenters. The quantitative estimate of drug-likeness (QED) is 0.843. The van der Waals surface area contributed by atoms with Crippen molar-refractivity contribution in [1.29, 1.82) is 0 Å². The van der Waals surface area contributed by atoms with Crippen LogP contribution in [0.1, 0.15) is 18.4 Å². The third kappa shape index (κ3) is 3.80. The third-order valence-corrected chi connectivity index (χ3v) is 4.04. The number of carbonyl (C=O) groups excluding carboxylic acids is 2. The van der Waals surface area contributed by atoms with Gasteiger partial charge in [-0.1, -0.05) is 34.1 Å². The highest BCUT2D eigenvalue weighted by molar-refractivity contribution is 9.10. The van der Waals surface area contributed by atoms with Crippen molar-refractivity contribution in [2.75, 3.05) is 6.61 Å². The molecule has 108 valence electrons. The average molecular weight is 341 g/mol. The Kier molecular flexibility index (Phi) is 5.14. The minimum Gasteiger partial charge on any atom is -0.368 e. The van der Waals surface area contributed by atoms with Crippen molar-refractivity contribution >= 4 is 27.7 Å². The molecule has 0 saturated carbocycles. The second kappa shape index (κ2) is 6.85. The van der Waals surface area contributed by atoms with Crippen molar-refractivity contribution in [2.45, 2.75) is 31.4 Å². The molecular formula is C14H17BrN2O3. The number of hydrogen-bond donors (Lipinski definition) is 2. The summed E-state index contributed by atoms with van der Waals surface area (Å²) in [7, 11) is 0. The van der Waals surface area contributed by atoms with Crippen LogP contribution in [0.25, 0.3) is 0 Å². The zero-order chi connectivity index (χ0) is 14.5. The number of rotatable bonds is 5. The standard InChI is InChI=1S/C14H17BrN2O3/c15-10-5-2-1-4-9(10)8-11(13(16)18)17-14(19)12-6-3-7-20-12/h1-2,4-5,11-12H,3,6-8H2,(H2,16,18)(H,17,19)/t11-,12+/m1/s1. The number of primary amides is 1. The Hall–Kier alpha value is -1.40. The second-order valence-corrected chi connectivity index (χ2v) is 5.62. The van der Waals surface area contributed by atoms with Gasteiger partial charge in [0.05, 0.1) is 0 Å². The normalized spacial score (nSPS) is 19.6. The molecule has 1 fully saturated rings. The van der Waals surface area contributed by atoms with E-state index in [0.717, 1.165) is 16.5 Å². The van der Waals surface area contributed by atoms with E-state index in [-0.39, 0.29) is 5.91 Å². The molecule has 1 aliphatic rings. The summed E-state index contributed by atoms with van der Waals surface area (Å²) in [5, 5.41) is 2.67. The summed E-state index contributed by atoms with van der Waals surface area (Å²) in [5.41, 5.74) is 6.29. The molecule has 2 atom stereocenters. The summed E-state index contributed by atoms with van der Waals surface area (Å²) in [6, 6.07) is 6.80. The molecule has 1 aliphatic heterocycles. The molecule has 1 heterocycles. The van der Waals surface area contributed by atoms with E-state index in [9.17, 15) is 9.59 Å². The lowest BCUT2D eigenvalue weighted by molar-refractivity contribution is -0.133. The molecule has 2 amide bonds. The lowest BCUT2D eigenvalue weighted by Gasteiger charge is -2.18. The van der Waals surface area contributed by atoms with Crippen LogP contribution in [0.15, 0.2) is 28.7 Å². The van der Waals surface area contributed by atoms with Gasteiger partial charge in [0.15, 0.2) is 0 Å². The highest BCUT2D eigenvalue weighted by Crippen LogP contribution is 2.18. The van der Waals surface area contributed by atoms with E-state index in [0.29, 0.717) is 19.4 Å². The van der Waals surface area contributed by atoms with Crippen LogP contribution in [0.4, 0.5) is 0 Å². The second-order valence-electron chi connectivity index (χ2n) is 4.76. The number of ether oxygens (including phenoxy) is 1. The number of nitrogens with two attached hydrogens (primary N) is 1. The summed E-state index contributed by atoms with van der Waals surface area (Å²) < 4.78 is 6.18. The first-order chi connectivity index (χ1) is 9.58. The van der Waals surface area contributed by atoms with Crippen LogP contribution >= 0.6 is 15.9 Å². The molecule has 0 bridgehead atoms. The van der Waals surface area contributed by atoms with E-state index >= 15 is 0 Å². The van der Waals surface area contributed by atoms with Crippen LogP contribution in [-0.2, 0) is 20.7 Å². The SMILES string of the molecule is NC(=O)[C@@H](Cc1ccccc1Br)NC(=O)[C@@H]1CCCO1. The van der Waals surface area contributed by atoms with Gasteiger partial charge in [-0.25, -0.2) is 0 Å². The van der Waals surface area contributed by atoms with Crippen LogP contribution in [0, 0.1) is 0 Å². The molecule has 1 saturated heterocycles. The van der Waals surface area contributed by atoms with Crippen molar-refractivity contribution in [2.24, 2.45) is 5.73 Å². The monoisotopic (exact) mass is 340 g/mol. The van der Waals surface area contributed by atoms with Crippen molar-refractivity contribution in [3.8, 4) is 0 Å². The van der Waals surface area contributed by atoms with Crippen molar-refractivity contribution in [3.05, 3.63) is 34.3 Å². The minimum absolute atomic E-state index is 0.265. The molecule has 2 rings (SSSR count). The number of hydrogen-bond acceptors (Lipinski definition) is 3. The van der Waals surface area contributed by atoms with E-state index in [1.54, 1.807) is 0 Å². The molecule has 0 radical (unpaired) electrons. The molecule has 0 aliphatic carbocycles. The third-order valence-electron chi connectivity index (χ3n) is 3.26. The summed E-state index contributed by atoms with van der Waals surface area (Å²) in [4.78, 5) is 23.5. The van der Waals surface area contributed by atoms with Gasteiger partial charge in [-0.2, -0.15) is 0 Å². The van der Waals surface area contributed by atoms with E-state index in [4.69, 9.17) is 10.5 Å².